The highest BCUT2D eigenvalue weighted by Gasteiger charge is 2.30. The molecule has 3 rings (SSSR count). The Balaban J connectivity index is 1.97. The summed E-state index contributed by atoms with van der Waals surface area (Å²) >= 11 is 12.2. The highest BCUT2D eigenvalue weighted by Crippen LogP contribution is 2.30. The maximum Gasteiger partial charge on any atom is 0.387 e. The van der Waals surface area contributed by atoms with Crippen LogP contribution in [0, 0.1) is 23.2 Å². The maximum absolute atomic E-state index is 13.7. The number of hydrogen-bond donors (Lipinski definition) is 1. The zero-order valence-electron chi connectivity index (χ0n) is 16.8. The molecule has 1 unspecified atom stereocenters. The first kappa shape index (κ1) is 23.7. The van der Waals surface area contributed by atoms with Crippen LogP contribution in [-0.2, 0) is 0 Å². The number of nitriles is 1. The third kappa shape index (κ3) is 5.64. The molecule has 6 nitrogen and oxygen atoms in total. The van der Waals surface area contributed by atoms with E-state index in [9.17, 15) is 18.4 Å². The molecule has 0 radical (unpaired) electrons. The van der Waals surface area contributed by atoms with Gasteiger partial charge in [-0.2, -0.15) is 19.1 Å². The lowest BCUT2D eigenvalue weighted by Crippen LogP contribution is -2.35. The Kier molecular flexibility index (Phi) is 7.83. The number of alkyl halides is 2. The van der Waals surface area contributed by atoms with Crippen molar-refractivity contribution in [3.05, 3.63) is 57.8 Å². The molecule has 2 aromatic rings. The lowest BCUT2D eigenvalue weighted by molar-refractivity contribution is -0.0521. The highest BCUT2D eigenvalue weighted by atomic mass is 35.5. The molecular weight excluding hydrogens is 466 g/mol. The Morgan fingerprint density at radius 2 is 2.09 bits per heavy atom. The number of nitrogens with zero attached hydrogens (tertiary/aromatic N) is 4. The standard InChI is InChI=1S/C21H18Cl2F3N5O/c1-2-3-13-10-31(30-19(13)12-4-6-15(22)16(23)8-12)21(28-11-27)29-14-5-7-17(24)18(9-14)32-20(25)26/h4-9,13,20H,2-3,10H2,1H3,(H,28,29). The Morgan fingerprint density at radius 1 is 1.31 bits per heavy atom. The summed E-state index contributed by atoms with van der Waals surface area (Å²) < 4.78 is 42.9. The summed E-state index contributed by atoms with van der Waals surface area (Å²) in [6.07, 6.45) is 3.50. The number of hydrogen-bond acceptors (Lipinski definition) is 4. The quantitative estimate of drug-likeness (QED) is 0.239. The molecule has 0 bridgehead atoms. The molecule has 0 spiro atoms. The molecule has 168 valence electrons. The number of ether oxygens (including phenoxy) is 1. The van der Waals surface area contributed by atoms with E-state index in [4.69, 9.17) is 23.2 Å². The van der Waals surface area contributed by atoms with Crippen LogP contribution in [0.3, 0.4) is 0 Å². The van der Waals surface area contributed by atoms with Crippen molar-refractivity contribution in [1.29, 1.82) is 5.26 Å². The molecule has 2 aromatic carbocycles. The number of aliphatic imine (C=N–C) groups is 1. The normalized spacial score (nSPS) is 16.2. The van der Waals surface area contributed by atoms with Gasteiger partial charge in [0.15, 0.2) is 17.8 Å². The van der Waals surface area contributed by atoms with E-state index in [-0.39, 0.29) is 17.6 Å². The van der Waals surface area contributed by atoms with Gasteiger partial charge >= 0.3 is 6.61 Å². The second kappa shape index (κ2) is 10.6. The fraction of sp³-hybridized carbons (Fsp3) is 0.286. The lowest BCUT2D eigenvalue weighted by atomic mass is 9.93. The largest absolute Gasteiger partial charge is 0.432 e. The molecule has 0 fully saturated rings. The fourth-order valence-corrected chi connectivity index (χ4v) is 3.58. The molecule has 0 saturated heterocycles. The summed E-state index contributed by atoms with van der Waals surface area (Å²) in [6, 6.07) is 8.45. The minimum Gasteiger partial charge on any atom is -0.432 e. The van der Waals surface area contributed by atoms with E-state index in [2.05, 4.69) is 20.1 Å². The SMILES string of the molecule is CCCC1CN(C(=Nc2ccc(F)c(OC(F)F)c2)NC#N)N=C1c1ccc(Cl)c(Cl)c1. The number of hydrazone groups is 1. The van der Waals surface area contributed by atoms with Gasteiger partial charge in [0.05, 0.1) is 28.0 Å². The molecule has 1 N–H and O–H groups in total. The van der Waals surface area contributed by atoms with Crippen LogP contribution < -0.4 is 10.1 Å². The molecule has 11 heteroatoms. The third-order valence-corrected chi connectivity index (χ3v) is 5.38. The van der Waals surface area contributed by atoms with Crippen molar-refractivity contribution < 1.29 is 17.9 Å². The van der Waals surface area contributed by atoms with E-state index in [1.165, 1.54) is 11.1 Å². The number of nitrogens with one attached hydrogen (secondary N) is 1. The summed E-state index contributed by atoms with van der Waals surface area (Å²) in [5.41, 5.74) is 1.63. The molecule has 1 heterocycles. The summed E-state index contributed by atoms with van der Waals surface area (Å²) in [4.78, 5) is 4.26. The molecular formula is C21H18Cl2F3N5O. The number of benzene rings is 2. The van der Waals surface area contributed by atoms with Crippen molar-refractivity contribution in [2.75, 3.05) is 6.54 Å². The van der Waals surface area contributed by atoms with Gasteiger partial charge in [0.25, 0.3) is 0 Å². The average molecular weight is 484 g/mol. The highest BCUT2D eigenvalue weighted by molar-refractivity contribution is 6.42. The van der Waals surface area contributed by atoms with Crippen molar-refractivity contribution >= 4 is 40.6 Å². The van der Waals surface area contributed by atoms with Gasteiger partial charge in [-0.15, -0.1) is 0 Å². The van der Waals surface area contributed by atoms with Gasteiger partial charge in [0.2, 0.25) is 5.96 Å². The topological polar surface area (TPSA) is 73.0 Å². The average Bonchev–Trinajstić information content (AvgIpc) is 3.16. The Bertz CT molecular complexity index is 1090. The Morgan fingerprint density at radius 3 is 2.75 bits per heavy atom. The third-order valence-electron chi connectivity index (χ3n) is 4.64. The minimum atomic E-state index is -3.19. The smallest absolute Gasteiger partial charge is 0.387 e. The summed E-state index contributed by atoms with van der Waals surface area (Å²) in [5.74, 6) is -1.53. The summed E-state index contributed by atoms with van der Waals surface area (Å²) in [5, 5.41) is 18.5. The van der Waals surface area contributed by atoms with Gasteiger partial charge in [-0.1, -0.05) is 42.6 Å². The summed E-state index contributed by atoms with van der Waals surface area (Å²) in [7, 11) is 0. The van der Waals surface area contributed by atoms with Crippen molar-refractivity contribution in [2.45, 2.75) is 26.4 Å². The Labute approximate surface area is 192 Å². The first-order valence-corrected chi connectivity index (χ1v) is 10.4. The molecule has 0 aliphatic carbocycles. The second-order valence-electron chi connectivity index (χ2n) is 6.85. The first-order valence-electron chi connectivity index (χ1n) is 9.62. The van der Waals surface area contributed by atoms with Crippen molar-refractivity contribution in [3.8, 4) is 11.9 Å². The first-order chi connectivity index (χ1) is 15.3. The van der Waals surface area contributed by atoms with E-state index in [1.54, 1.807) is 18.3 Å². The molecule has 1 aliphatic heterocycles. The van der Waals surface area contributed by atoms with Crippen molar-refractivity contribution in [1.82, 2.24) is 10.3 Å². The molecule has 1 atom stereocenters. The zero-order valence-corrected chi connectivity index (χ0v) is 18.3. The molecule has 1 aliphatic rings. The molecule has 0 amide bonds. The predicted octanol–water partition coefficient (Wildman–Crippen LogP) is 5.93. The van der Waals surface area contributed by atoms with Gasteiger partial charge in [-0.25, -0.2) is 14.4 Å². The van der Waals surface area contributed by atoms with E-state index < -0.39 is 18.2 Å². The molecule has 0 saturated carbocycles. The van der Waals surface area contributed by atoms with Crippen LogP contribution >= 0.6 is 23.2 Å². The fourth-order valence-electron chi connectivity index (χ4n) is 3.28. The predicted molar refractivity (Wildman–Crippen MR) is 117 cm³/mol. The van der Waals surface area contributed by atoms with Crippen LogP contribution in [0.2, 0.25) is 10.0 Å². The van der Waals surface area contributed by atoms with Crippen molar-refractivity contribution in [2.24, 2.45) is 16.0 Å². The van der Waals surface area contributed by atoms with Crippen molar-refractivity contribution in [3.63, 3.8) is 0 Å². The van der Waals surface area contributed by atoms with Gasteiger partial charge in [-0.05, 0) is 36.2 Å². The zero-order chi connectivity index (χ0) is 23.3. The van der Waals surface area contributed by atoms with E-state index in [0.29, 0.717) is 16.6 Å². The number of rotatable bonds is 6. The van der Waals surface area contributed by atoms with E-state index in [1.807, 2.05) is 13.0 Å². The lowest BCUT2D eigenvalue weighted by Gasteiger charge is -2.16. The van der Waals surface area contributed by atoms with Crippen LogP contribution in [0.4, 0.5) is 18.9 Å². The monoisotopic (exact) mass is 483 g/mol. The molecule has 32 heavy (non-hydrogen) atoms. The van der Waals surface area contributed by atoms with Gasteiger partial charge in [-0.3, -0.25) is 5.32 Å². The molecule has 0 aromatic heterocycles. The van der Waals surface area contributed by atoms with E-state index in [0.717, 1.165) is 36.2 Å². The van der Waals surface area contributed by atoms with Gasteiger partial charge in [0.1, 0.15) is 0 Å². The van der Waals surface area contributed by atoms with Crippen LogP contribution in [-0.4, -0.2) is 29.8 Å². The maximum atomic E-state index is 13.7. The van der Waals surface area contributed by atoms with Crippen LogP contribution in [0.25, 0.3) is 0 Å². The van der Waals surface area contributed by atoms with Crippen LogP contribution in [0.5, 0.6) is 5.75 Å². The van der Waals surface area contributed by atoms with Crippen LogP contribution in [0.1, 0.15) is 25.3 Å². The van der Waals surface area contributed by atoms with Gasteiger partial charge < -0.3 is 4.74 Å². The second-order valence-corrected chi connectivity index (χ2v) is 7.66. The minimum absolute atomic E-state index is 0.0221. The number of halogens is 5. The summed E-state index contributed by atoms with van der Waals surface area (Å²) in [6.45, 7) is -0.730. The van der Waals surface area contributed by atoms with Gasteiger partial charge in [0, 0.05) is 12.0 Å². The van der Waals surface area contributed by atoms with Crippen LogP contribution in [0.15, 0.2) is 46.5 Å². The van der Waals surface area contributed by atoms with E-state index >= 15 is 0 Å². The Hall–Kier alpha value is -2.96. The number of guanidine groups is 1.